The first-order valence-corrected chi connectivity index (χ1v) is 13.3. The molecule has 4 aliphatic rings. The summed E-state index contributed by atoms with van der Waals surface area (Å²) in [5, 5.41) is 6.56. The molecule has 1 saturated heterocycles. The molecule has 33 heavy (non-hydrogen) atoms. The van der Waals surface area contributed by atoms with Gasteiger partial charge in [-0.2, -0.15) is 0 Å². The van der Waals surface area contributed by atoms with Crippen LogP contribution in [0.4, 0.5) is 0 Å². The van der Waals surface area contributed by atoms with E-state index in [1.807, 2.05) is 18.2 Å². The Balaban J connectivity index is 1.32. The standard InChI is InChI=1S/C29H42N2O2/c1-27(2,17-19-9-6-5-7-10-19)31-26(33)21-18-29(4)23-14-16-28(3)15-8-11-22(28)20(23)12-13-24(29)30-25(21)32/h5-7,9-10,20-24H,8,11-18H2,1-4H3,(H,30,32)(H,31,33)/t20-,21?,22-,23+,24?,28-,29+/m0/s1. The number of nitrogens with one attached hydrogen (secondary N) is 2. The van der Waals surface area contributed by atoms with Crippen LogP contribution in [0.15, 0.2) is 30.3 Å². The molecule has 4 heteroatoms. The summed E-state index contributed by atoms with van der Waals surface area (Å²) >= 11 is 0. The first-order chi connectivity index (χ1) is 15.6. The monoisotopic (exact) mass is 450 g/mol. The van der Waals surface area contributed by atoms with Crippen molar-refractivity contribution in [2.75, 3.05) is 0 Å². The molecule has 0 spiro atoms. The van der Waals surface area contributed by atoms with E-state index in [1.165, 1.54) is 44.1 Å². The van der Waals surface area contributed by atoms with Crippen molar-refractivity contribution in [2.45, 2.75) is 97.1 Å². The molecule has 7 atom stereocenters. The van der Waals surface area contributed by atoms with Crippen LogP contribution in [0.1, 0.15) is 84.6 Å². The fourth-order valence-corrected chi connectivity index (χ4v) is 8.57. The predicted octanol–water partition coefficient (Wildman–Crippen LogP) is 5.26. The van der Waals surface area contributed by atoms with E-state index in [0.717, 1.165) is 24.7 Å². The Morgan fingerprint density at radius 3 is 2.58 bits per heavy atom. The lowest BCUT2D eigenvalue weighted by molar-refractivity contribution is -0.151. The van der Waals surface area contributed by atoms with Gasteiger partial charge < -0.3 is 10.6 Å². The van der Waals surface area contributed by atoms with Crippen molar-refractivity contribution in [3.63, 3.8) is 0 Å². The minimum Gasteiger partial charge on any atom is -0.352 e. The quantitative estimate of drug-likeness (QED) is 0.615. The first-order valence-electron chi connectivity index (χ1n) is 13.3. The maximum atomic E-state index is 13.5. The van der Waals surface area contributed by atoms with E-state index in [4.69, 9.17) is 0 Å². The molecular weight excluding hydrogens is 408 g/mol. The van der Waals surface area contributed by atoms with Crippen LogP contribution in [0, 0.1) is 34.5 Å². The van der Waals surface area contributed by atoms with Crippen molar-refractivity contribution in [3.05, 3.63) is 35.9 Å². The molecule has 2 N–H and O–H groups in total. The SMILES string of the molecule is CC(C)(Cc1ccccc1)NC(=O)C1C[C@@]2(C)C(CC[C@@H]3[C@H]2CC[C@]2(C)CCC[C@@H]32)NC1=O. The Labute approximate surface area is 199 Å². The normalized spacial score (nSPS) is 40.2. The van der Waals surface area contributed by atoms with E-state index in [-0.39, 0.29) is 23.3 Å². The van der Waals surface area contributed by atoms with Gasteiger partial charge >= 0.3 is 0 Å². The van der Waals surface area contributed by atoms with Gasteiger partial charge in [0.1, 0.15) is 5.92 Å². The van der Waals surface area contributed by atoms with Crippen LogP contribution in [0.25, 0.3) is 0 Å². The van der Waals surface area contributed by atoms with Gasteiger partial charge in [0.25, 0.3) is 0 Å². The smallest absolute Gasteiger partial charge is 0.233 e. The van der Waals surface area contributed by atoms with Gasteiger partial charge in [0.15, 0.2) is 0 Å². The zero-order chi connectivity index (χ0) is 23.4. The van der Waals surface area contributed by atoms with Gasteiger partial charge in [-0.05, 0) is 99.4 Å². The second-order valence-corrected chi connectivity index (χ2v) is 12.9. The molecule has 180 valence electrons. The van der Waals surface area contributed by atoms with Gasteiger partial charge in [0, 0.05) is 11.6 Å². The highest BCUT2D eigenvalue weighted by atomic mass is 16.2. The van der Waals surface area contributed by atoms with E-state index >= 15 is 0 Å². The van der Waals surface area contributed by atoms with Crippen LogP contribution in [-0.4, -0.2) is 23.4 Å². The molecule has 2 amide bonds. The highest BCUT2D eigenvalue weighted by Crippen LogP contribution is 2.64. The minimum absolute atomic E-state index is 0.0202. The van der Waals surface area contributed by atoms with Gasteiger partial charge in [-0.15, -0.1) is 0 Å². The molecule has 3 saturated carbocycles. The zero-order valence-corrected chi connectivity index (χ0v) is 21.0. The molecule has 4 nitrogen and oxygen atoms in total. The molecular formula is C29H42N2O2. The summed E-state index contributed by atoms with van der Waals surface area (Å²) in [6.07, 6.45) is 10.5. The summed E-state index contributed by atoms with van der Waals surface area (Å²) in [5.74, 6) is 1.48. The predicted molar refractivity (Wildman–Crippen MR) is 131 cm³/mol. The maximum absolute atomic E-state index is 13.5. The highest BCUT2D eigenvalue weighted by molar-refractivity contribution is 6.01. The van der Waals surface area contributed by atoms with E-state index in [9.17, 15) is 9.59 Å². The fourth-order valence-electron chi connectivity index (χ4n) is 8.57. The maximum Gasteiger partial charge on any atom is 0.233 e. The van der Waals surface area contributed by atoms with Crippen molar-refractivity contribution in [3.8, 4) is 0 Å². The van der Waals surface area contributed by atoms with Crippen LogP contribution in [-0.2, 0) is 16.0 Å². The summed E-state index contributed by atoms with van der Waals surface area (Å²) in [6.45, 7) is 9.04. The van der Waals surface area contributed by atoms with Crippen LogP contribution >= 0.6 is 0 Å². The highest BCUT2D eigenvalue weighted by Gasteiger charge is 2.60. The lowest BCUT2D eigenvalue weighted by Gasteiger charge is -2.60. The number of piperidine rings is 1. The van der Waals surface area contributed by atoms with E-state index in [0.29, 0.717) is 17.8 Å². The Kier molecular flexibility index (Phi) is 5.65. The number of hydrogen-bond acceptors (Lipinski definition) is 2. The van der Waals surface area contributed by atoms with Crippen molar-refractivity contribution in [2.24, 2.45) is 34.5 Å². The lowest BCUT2D eigenvalue weighted by Crippen LogP contribution is -2.65. The number of carbonyl (C=O) groups excluding carboxylic acids is 2. The molecule has 0 radical (unpaired) electrons. The number of hydrogen-bond donors (Lipinski definition) is 2. The number of carbonyl (C=O) groups is 2. The molecule has 1 aromatic rings. The summed E-state index contributed by atoms with van der Waals surface area (Å²) in [7, 11) is 0. The van der Waals surface area contributed by atoms with Gasteiger partial charge in [0.2, 0.25) is 11.8 Å². The topological polar surface area (TPSA) is 58.2 Å². The van der Waals surface area contributed by atoms with Gasteiger partial charge in [0.05, 0.1) is 0 Å². The molecule has 2 unspecified atom stereocenters. The molecule has 3 aliphatic carbocycles. The van der Waals surface area contributed by atoms with Crippen LogP contribution in [0.3, 0.4) is 0 Å². The average molecular weight is 451 g/mol. The third-order valence-electron chi connectivity index (χ3n) is 10.2. The van der Waals surface area contributed by atoms with Crippen LogP contribution < -0.4 is 10.6 Å². The van der Waals surface area contributed by atoms with Crippen LogP contribution in [0.2, 0.25) is 0 Å². The second-order valence-electron chi connectivity index (χ2n) is 12.9. The molecule has 0 bridgehead atoms. The summed E-state index contributed by atoms with van der Waals surface area (Å²) < 4.78 is 0. The Morgan fingerprint density at radius 2 is 1.82 bits per heavy atom. The van der Waals surface area contributed by atoms with E-state index < -0.39 is 11.5 Å². The Morgan fingerprint density at radius 1 is 1.06 bits per heavy atom. The number of amides is 2. The van der Waals surface area contributed by atoms with Gasteiger partial charge in [-0.1, -0.05) is 50.6 Å². The van der Waals surface area contributed by atoms with Crippen LogP contribution in [0.5, 0.6) is 0 Å². The molecule has 0 aromatic heterocycles. The van der Waals surface area contributed by atoms with Crippen molar-refractivity contribution in [1.82, 2.24) is 10.6 Å². The second kappa shape index (κ2) is 8.13. The largest absolute Gasteiger partial charge is 0.352 e. The molecule has 1 aromatic carbocycles. The van der Waals surface area contributed by atoms with Crippen molar-refractivity contribution < 1.29 is 9.59 Å². The van der Waals surface area contributed by atoms with E-state index in [2.05, 4.69) is 50.5 Å². The average Bonchev–Trinajstić information content (AvgIpc) is 3.15. The van der Waals surface area contributed by atoms with Crippen molar-refractivity contribution >= 4 is 11.8 Å². The molecule has 1 heterocycles. The summed E-state index contributed by atoms with van der Waals surface area (Å²) in [5.41, 5.74) is 1.34. The minimum atomic E-state index is -0.586. The fraction of sp³-hybridized carbons (Fsp3) is 0.724. The van der Waals surface area contributed by atoms with Crippen molar-refractivity contribution in [1.29, 1.82) is 0 Å². The number of benzene rings is 1. The Bertz CT molecular complexity index is 911. The third-order valence-corrected chi connectivity index (χ3v) is 10.2. The third kappa shape index (κ3) is 4.02. The Hall–Kier alpha value is -1.84. The molecule has 5 rings (SSSR count). The lowest BCUT2D eigenvalue weighted by atomic mass is 9.47. The first kappa shape index (κ1) is 22.9. The van der Waals surface area contributed by atoms with Gasteiger partial charge in [-0.25, -0.2) is 0 Å². The molecule has 1 aliphatic heterocycles. The zero-order valence-electron chi connectivity index (χ0n) is 21.0. The molecule has 4 fully saturated rings. The van der Waals surface area contributed by atoms with E-state index in [1.54, 1.807) is 0 Å². The summed E-state index contributed by atoms with van der Waals surface area (Å²) in [4.78, 5) is 26.6. The summed E-state index contributed by atoms with van der Waals surface area (Å²) in [6, 6.07) is 10.5. The number of fused-ring (bicyclic) bond motifs is 5. The van der Waals surface area contributed by atoms with Gasteiger partial charge in [-0.3, -0.25) is 9.59 Å². The number of rotatable bonds is 4.